The summed E-state index contributed by atoms with van der Waals surface area (Å²) in [6.07, 6.45) is 0.527. The predicted octanol–water partition coefficient (Wildman–Crippen LogP) is 1.42. The fraction of sp³-hybridized carbons (Fsp3) is 0.267. The molecule has 1 heterocycles. The van der Waals surface area contributed by atoms with Crippen molar-refractivity contribution in [2.75, 3.05) is 6.54 Å². The molecule has 3 N–H and O–H groups in total. The lowest BCUT2D eigenvalue weighted by atomic mass is 10.0. The van der Waals surface area contributed by atoms with Gasteiger partial charge in [0.1, 0.15) is 11.5 Å². The zero-order chi connectivity index (χ0) is 15.6. The highest BCUT2D eigenvalue weighted by molar-refractivity contribution is 5.97. The van der Waals surface area contributed by atoms with E-state index in [2.05, 4.69) is 5.32 Å². The summed E-state index contributed by atoms with van der Waals surface area (Å²) < 4.78 is 5.56. The maximum absolute atomic E-state index is 11.7. The van der Waals surface area contributed by atoms with Gasteiger partial charge in [-0.3, -0.25) is 15.0 Å². The lowest BCUT2D eigenvalue weighted by Gasteiger charge is -2.10. The smallest absolute Gasteiger partial charge is 0.224 e. The van der Waals surface area contributed by atoms with E-state index in [0.717, 1.165) is 0 Å². The first-order valence-electron chi connectivity index (χ1n) is 6.54. The molecule has 0 aliphatic rings. The molecule has 1 aromatic carbocycles. The van der Waals surface area contributed by atoms with E-state index < -0.39 is 0 Å². The fourth-order valence-electron chi connectivity index (χ4n) is 2.20. The number of aldehydes is 1. The minimum Gasteiger partial charge on any atom is -0.507 e. The molecule has 110 valence electrons. The Morgan fingerprint density at radius 3 is 2.81 bits per heavy atom. The van der Waals surface area contributed by atoms with E-state index in [1.54, 1.807) is 6.92 Å². The van der Waals surface area contributed by atoms with Crippen LogP contribution in [-0.2, 0) is 11.2 Å². The maximum atomic E-state index is 11.7. The second-order valence-corrected chi connectivity index (χ2v) is 4.63. The van der Waals surface area contributed by atoms with Gasteiger partial charge in [-0.25, -0.2) is 0 Å². The van der Waals surface area contributed by atoms with Crippen LogP contribution in [-0.4, -0.2) is 23.8 Å². The Bertz CT molecular complexity index is 777. The summed E-state index contributed by atoms with van der Waals surface area (Å²) in [6, 6.07) is 2.84. The van der Waals surface area contributed by atoms with Gasteiger partial charge in [-0.1, -0.05) is 0 Å². The standard InChI is InChI=1S/C15H16N2O4/c1-3-17-13(20)6-10-8(2)21-15-9(14(10)16)4-5-12(19)11(15)7-18/h4-5,7,16,19H,3,6H2,1-2H3,(H,17,20). The van der Waals surface area contributed by atoms with Crippen molar-refractivity contribution >= 4 is 23.2 Å². The molecule has 0 unspecified atom stereocenters. The third kappa shape index (κ3) is 2.65. The average molecular weight is 288 g/mol. The van der Waals surface area contributed by atoms with Gasteiger partial charge in [-0.2, -0.15) is 0 Å². The number of nitrogens with one attached hydrogen (secondary N) is 2. The first kappa shape index (κ1) is 14.8. The lowest BCUT2D eigenvalue weighted by molar-refractivity contribution is -0.120. The van der Waals surface area contributed by atoms with Gasteiger partial charge in [0.2, 0.25) is 5.91 Å². The Kier molecular flexibility index (Phi) is 4.07. The first-order chi connectivity index (χ1) is 9.99. The van der Waals surface area contributed by atoms with Crippen molar-refractivity contribution in [3.05, 3.63) is 34.4 Å². The predicted molar refractivity (Wildman–Crippen MR) is 76.2 cm³/mol. The summed E-state index contributed by atoms with van der Waals surface area (Å²) in [7, 11) is 0. The number of likely N-dealkylation sites (N-methyl/N-ethyl adjacent to an activating group) is 1. The van der Waals surface area contributed by atoms with Crippen LogP contribution in [0, 0.1) is 12.3 Å². The summed E-state index contributed by atoms with van der Waals surface area (Å²) in [5, 5.41) is 21.1. The number of benzene rings is 1. The van der Waals surface area contributed by atoms with Crippen molar-refractivity contribution < 1.29 is 19.1 Å². The molecule has 21 heavy (non-hydrogen) atoms. The maximum Gasteiger partial charge on any atom is 0.224 e. The molecule has 0 aliphatic heterocycles. The monoisotopic (exact) mass is 288 g/mol. The van der Waals surface area contributed by atoms with E-state index in [1.807, 2.05) is 6.92 Å². The van der Waals surface area contributed by atoms with E-state index in [0.29, 0.717) is 29.5 Å². The minimum absolute atomic E-state index is 0.00802. The van der Waals surface area contributed by atoms with Crippen LogP contribution < -0.4 is 10.7 Å². The van der Waals surface area contributed by atoms with Crippen molar-refractivity contribution in [1.29, 1.82) is 5.41 Å². The van der Waals surface area contributed by atoms with Crippen LogP contribution in [0.5, 0.6) is 5.75 Å². The highest BCUT2D eigenvalue weighted by Crippen LogP contribution is 2.25. The van der Waals surface area contributed by atoms with Gasteiger partial charge < -0.3 is 14.8 Å². The summed E-state index contributed by atoms with van der Waals surface area (Å²) in [6.45, 7) is 3.96. The van der Waals surface area contributed by atoms with E-state index in [4.69, 9.17) is 9.83 Å². The van der Waals surface area contributed by atoms with Gasteiger partial charge in [-0.05, 0) is 26.0 Å². The Morgan fingerprint density at radius 1 is 1.48 bits per heavy atom. The molecule has 2 aromatic rings. The van der Waals surface area contributed by atoms with Crippen LogP contribution in [0.25, 0.3) is 11.0 Å². The molecule has 0 saturated carbocycles. The number of hydrogen-bond acceptors (Lipinski definition) is 5. The zero-order valence-corrected chi connectivity index (χ0v) is 11.8. The minimum atomic E-state index is -0.198. The molecule has 1 aromatic heterocycles. The number of phenols is 1. The van der Waals surface area contributed by atoms with Crippen LogP contribution in [0.1, 0.15) is 28.6 Å². The number of aromatic hydroxyl groups is 1. The molecule has 1 amide bonds. The van der Waals surface area contributed by atoms with Gasteiger partial charge in [0.15, 0.2) is 11.9 Å². The van der Waals surface area contributed by atoms with Crippen molar-refractivity contribution in [3.63, 3.8) is 0 Å². The number of carbonyl (C=O) groups excluding carboxylic acids is 2. The number of rotatable bonds is 4. The van der Waals surface area contributed by atoms with Crippen LogP contribution >= 0.6 is 0 Å². The van der Waals surface area contributed by atoms with Gasteiger partial charge >= 0.3 is 0 Å². The van der Waals surface area contributed by atoms with Crippen LogP contribution in [0.4, 0.5) is 0 Å². The number of amides is 1. The average Bonchev–Trinajstić information content (AvgIpc) is 2.43. The SMILES string of the molecule is CCNC(=O)Cc1c(C)oc2c(C=O)c(O)ccc2c1=N. The van der Waals surface area contributed by atoms with Crippen molar-refractivity contribution in [2.45, 2.75) is 20.3 Å². The Hall–Kier alpha value is -2.63. The molecule has 6 nitrogen and oxygen atoms in total. The summed E-state index contributed by atoms with van der Waals surface area (Å²) >= 11 is 0. The summed E-state index contributed by atoms with van der Waals surface area (Å²) in [5.41, 5.74) is 0.636. The molecular weight excluding hydrogens is 272 g/mol. The quantitative estimate of drug-likeness (QED) is 0.740. The first-order valence-corrected chi connectivity index (χ1v) is 6.54. The molecule has 0 fully saturated rings. The number of hydrogen-bond donors (Lipinski definition) is 3. The van der Waals surface area contributed by atoms with Gasteiger partial charge in [0.25, 0.3) is 0 Å². The van der Waals surface area contributed by atoms with Crippen molar-refractivity contribution in [2.24, 2.45) is 0 Å². The largest absolute Gasteiger partial charge is 0.507 e. The van der Waals surface area contributed by atoms with Gasteiger partial charge in [-0.15, -0.1) is 0 Å². The number of fused-ring (bicyclic) bond motifs is 1. The third-order valence-electron chi connectivity index (χ3n) is 3.25. The fourth-order valence-corrected chi connectivity index (χ4v) is 2.20. The van der Waals surface area contributed by atoms with E-state index in [-0.39, 0.29) is 34.6 Å². The molecular formula is C15H16N2O4. The molecule has 2 rings (SSSR count). The molecule has 0 aliphatic carbocycles. The second-order valence-electron chi connectivity index (χ2n) is 4.63. The van der Waals surface area contributed by atoms with E-state index >= 15 is 0 Å². The number of carbonyl (C=O) groups is 2. The molecule has 0 spiro atoms. The number of aryl methyl sites for hydroxylation is 1. The topological polar surface area (TPSA) is 103 Å². The molecule has 0 atom stereocenters. The van der Waals surface area contributed by atoms with E-state index in [1.165, 1.54) is 12.1 Å². The normalized spacial score (nSPS) is 10.6. The van der Waals surface area contributed by atoms with Crippen molar-refractivity contribution in [1.82, 2.24) is 5.32 Å². The summed E-state index contributed by atoms with van der Waals surface area (Å²) in [5.74, 6) is -0.0120. The highest BCUT2D eigenvalue weighted by atomic mass is 16.3. The van der Waals surface area contributed by atoms with Crippen LogP contribution in [0.15, 0.2) is 16.5 Å². The molecule has 6 heteroatoms. The zero-order valence-electron chi connectivity index (χ0n) is 11.8. The Morgan fingerprint density at radius 2 is 2.19 bits per heavy atom. The molecule has 0 bridgehead atoms. The van der Waals surface area contributed by atoms with E-state index in [9.17, 15) is 14.7 Å². The molecule has 0 radical (unpaired) electrons. The van der Waals surface area contributed by atoms with Crippen molar-refractivity contribution in [3.8, 4) is 5.75 Å². The Labute approximate surface area is 120 Å². The lowest BCUT2D eigenvalue weighted by Crippen LogP contribution is -2.27. The second kappa shape index (κ2) is 5.78. The van der Waals surface area contributed by atoms with Crippen LogP contribution in [0.3, 0.4) is 0 Å². The number of phenolic OH excluding ortho intramolecular Hbond substituents is 1. The molecule has 0 saturated heterocycles. The summed E-state index contributed by atoms with van der Waals surface area (Å²) in [4.78, 5) is 22.8. The highest BCUT2D eigenvalue weighted by Gasteiger charge is 2.16. The van der Waals surface area contributed by atoms with Gasteiger partial charge in [0, 0.05) is 17.5 Å². The Balaban J connectivity index is 2.66. The van der Waals surface area contributed by atoms with Crippen LogP contribution in [0.2, 0.25) is 0 Å². The third-order valence-corrected chi connectivity index (χ3v) is 3.25. The van der Waals surface area contributed by atoms with Gasteiger partial charge in [0.05, 0.1) is 17.3 Å².